The highest BCUT2D eigenvalue weighted by Gasteiger charge is 2.23. The number of hydrazone groups is 1. The summed E-state index contributed by atoms with van der Waals surface area (Å²) < 4.78 is 33.4. The van der Waals surface area contributed by atoms with E-state index in [0.717, 1.165) is 6.07 Å². The standard InChI is InChI=1S/C18H15ClN4O5S/c1-12(17-3-2-10-28-17)20-21-16-9-8-15(23(24)25)11-18(16)29(26,27)22-14-6-4-13(19)5-7-14/h2-11,21-22H,1H3/b20-12-. The average Bonchev–Trinajstić information content (AvgIpc) is 3.22. The van der Waals surface area contributed by atoms with Crippen LogP contribution in [0.4, 0.5) is 17.1 Å². The molecule has 0 aliphatic rings. The minimum Gasteiger partial charge on any atom is -0.463 e. The Labute approximate surface area is 171 Å². The van der Waals surface area contributed by atoms with Gasteiger partial charge in [0.1, 0.15) is 16.4 Å². The molecule has 0 amide bonds. The quantitative estimate of drug-likeness (QED) is 0.320. The second-order valence-electron chi connectivity index (χ2n) is 5.84. The number of furan rings is 1. The first-order valence-electron chi connectivity index (χ1n) is 8.17. The van der Waals surface area contributed by atoms with E-state index in [2.05, 4.69) is 15.2 Å². The van der Waals surface area contributed by atoms with Crippen LogP contribution in [-0.2, 0) is 10.0 Å². The van der Waals surface area contributed by atoms with Crippen LogP contribution in [0.5, 0.6) is 0 Å². The lowest BCUT2D eigenvalue weighted by molar-refractivity contribution is -0.385. The van der Waals surface area contributed by atoms with Gasteiger partial charge in [-0.05, 0) is 49.4 Å². The first-order chi connectivity index (χ1) is 13.8. The van der Waals surface area contributed by atoms with E-state index in [0.29, 0.717) is 16.5 Å². The molecule has 0 fully saturated rings. The van der Waals surface area contributed by atoms with Gasteiger partial charge in [0.2, 0.25) is 0 Å². The Balaban J connectivity index is 1.98. The fourth-order valence-electron chi connectivity index (χ4n) is 2.35. The monoisotopic (exact) mass is 434 g/mol. The van der Waals surface area contributed by atoms with Crippen LogP contribution in [0.15, 0.2) is 75.3 Å². The summed E-state index contributed by atoms with van der Waals surface area (Å²) in [6, 6.07) is 12.8. The third-order valence-electron chi connectivity index (χ3n) is 3.78. The molecule has 150 valence electrons. The molecule has 2 N–H and O–H groups in total. The summed E-state index contributed by atoms with van der Waals surface area (Å²) in [6.45, 7) is 1.66. The van der Waals surface area contributed by atoms with Gasteiger partial charge in [0.15, 0.2) is 0 Å². The van der Waals surface area contributed by atoms with Gasteiger partial charge in [-0.1, -0.05) is 11.6 Å². The zero-order valence-electron chi connectivity index (χ0n) is 15.0. The van der Waals surface area contributed by atoms with E-state index in [1.54, 1.807) is 19.1 Å². The van der Waals surface area contributed by atoms with Crippen molar-refractivity contribution in [3.05, 3.63) is 81.8 Å². The maximum atomic E-state index is 12.9. The molecule has 11 heteroatoms. The molecular formula is C18H15ClN4O5S. The van der Waals surface area contributed by atoms with Crippen molar-refractivity contribution in [2.24, 2.45) is 5.10 Å². The lowest BCUT2D eigenvalue weighted by Gasteiger charge is -2.12. The van der Waals surface area contributed by atoms with E-state index in [9.17, 15) is 18.5 Å². The van der Waals surface area contributed by atoms with Crippen molar-refractivity contribution in [1.29, 1.82) is 0 Å². The fourth-order valence-corrected chi connectivity index (χ4v) is 3.71. The predicted octanol–water partition coefficient (Wildman–Crippen LogP) is 4.48. The van der Waals surface area contributed by atoms with Crippen LogP contribution in [0.3, 0.4) is 0 Å². The van der Waals surface area contributed by atoms with Gasteiger partial charge in [-0.15, -0.1) is 0 Å². The van der Waals surface area contributed by atoms with Crippen molar-refractivity contribution in [3.8, 4) is 0 Å². The number of rotatable bonds is 7. The lowest BCUT2D eigenvalue weighted by Crippen LogP contribution is -2.15. The van der Waals surface area contributed by atoms with Crippen LogP contribution in [0.25, 0.3) is 0 Å². The summed E-state index contributed by atoms with van der Waals surface area (Å²) in [5, 5.41) is 15.7. The summed E-state index contributed by atoms with van der Waals surface area (Å²) in [7, 11) is -4.17. The van der Waals surface area contributed by atoms with Gasteiger partial charge < -0.3 is 4.42 Å². The number of hydrogen-bond donors (Lipinski definition) is 2. The van der Waals surface area contributed by atoms with E-state index >= 15 is 0 Å². The molecule has 2 aromatic carbocycles. The maximum Gasteiger partial charge on any atom is 0.270 e. The van der Waals surface area contributed by atoms with Gasteiger partial charge >= 0.3 is 0 Å². The number of nitrogens with zero attached hydrogens (tertiary/aromatic N) is 2. The van der Waals surface area contributed by atoms with Crippen molar-refractivity contribution < 1.29 is 17.8 Å². The van der Waals surface area contributed by atoms with E-state index in [1.165, 1.54) is 42.7 Å². The number of anilines is 2. The minimum absolute atomic E-state index is 0.0583. The van der Waals surface area contributed by atoms with E-state index < -0.39 is 14.9 Å². The molecule has 0 aliphatic heterocycles. The Kier molecular flexibility index (Phi) is 5.85. The van der Waals surface area contributed by atoms with Gasteiger partial charge in [0.05, 0.1) is 16.9 Å². The fraction of sp³-hybridized carbons (Fsp3) is 0.0556. The van der Waals surface area contributed by atoms with Crippen molar-refractivity contribution in [1.82, 2.24) is 0 Å². The van der Waals surface area contributed by atoms with Gasteiger partial charge in [0.25, 0.3) is 15.7 Å². The van der Waals surface area contributed by atoms with Gasteiger partial charge in [-0.25, -0.2) is 8.42 Å². The van der Waals surface area contributed by atoms with Crippen LogP contribution in [-0.4, -0.2) is 19.1 Å². The van der Waals surface area contributed by atoms with Crippen LogP contribution in [0.2, 0.25) is 5.02 Å². The van der Waals surface area contributed by atoms with Gasteiger partial charge in [0, 0.05) is 22.8 Å². The summed E-state index contributed by atoms with van der Waals surface area (Å²) in [5.74, 6) is 0.489. The number of sulfonamides is 1. The van der Waals surface area contributed by atoms with Gasteiger partial charge in [-0.2, -0.15) is 5.10 Å². The topological polar surface area (TPSA) is 127 Å². The van der Waals surface area contributed by atoms with Crippen LogP contribution in [0, 0.1) is 10.1 Å². The number of hydrogen-bond acceptors (Lipinski definition) is 7. The lowest BCUT2D eigenvalue weighted by atomic mass is 10.3. The first kappa shape index (κ1) is 20.4. The van der Waals surface area contributed by atoms with Crippen LogP contribution >= 0.6 is 11.6 Å². The zero-order valence-corrected chi connectivity index (χ0v) is 16.6. The molecule has 0 saturated carbocycles. The maximum absolute atomic E-state index is 12.9. The SMILES string of the molecule is C/C(=N/Nc1ccc([N+](=O)[O-])cc1S(=O)(=O)Nc1ccc(Cl)cc1)c1ccco1. The Morgan fingerprint density at radius 2 is 1.90 bits per heavy atom. The van der Waals surface area contributed by atoms with Crippen molar-refractivity contribution in [2.45, 2.75) is 11.8 Å². The molecular weight excluding hydrogens is 420 g/mol. The number of nitro groups is 1. The Morgan fingerprint density at radius 1 is 1.17 bits per heavy atom. The molecule has 0 unspecified atom stereocenters. The summed E-state index contributed by atoms with van der Waals surface area (Å²) in [4.78, 5) is 10.1. The molecule has 1 aromatic heterocycles. The zero-order chi connectivity index (χ0) is 21.0. The first-order valence-corrected chi connectivity index (χ1v) is 10.0. The number of nitro benzene ring substituents is 1. The highest BCUT2D eigenvalue weighted by molar-refractivity contribution is 7.92. The number of halogens is 1. The third-order valence-corrected chi connectivity index (χ3v) is 5.46. The largest absolute Gasteiger partial charge is 0.463 e. The normalized spacial score (nSPS) is 11.9. The molecule has 9 nitrogen and oxygen atoms in total. The molecule has 0 atom stereocenters. The number of benzene rings is 2. The molecule has 1 heterocycles. The Hall–Kier alpha value is -3.37. The molecule has 0 spiro atoms. The van der Waals surface area contributed by atoms with Crippen molar-refractivity contribution in [2.75, 3.05) is 10.1 Å². The predicted molar refractivity (Wildman–Crippen MR) is 110 cm³/mol. The van der Waals surface area contributed by atoms with Crippen molar-refractivity contribution in [3.63, 3.8) is 0 Å². The number of nitrogens with one attached hydrogen (secondary N) is 2. The molecule has 0 aliphatic carbocycles. The van der Waals surface area contributed by atoms with E-state index in [4.69, 9.17) is 16.0 Å². The molecule has 0 bridgehead atoms. The Morgan fingerprint density at radius 3 is 2.52 bits per heavy atom. The van der Waals surface area contributed by atoms with E-state index in [1.807, 2.05) is 0 Å². The summed E-state index contributed by atoms with van der Waals surface area (Å²) in [6.07, 6.45) is 1.48. The van der Waals surface area contributed by atoms with Crippen LogP contribution < -0.4 is 10.1 Å². The van der Waals surface area contributed by atoms with Crippen molar-refractivity contribution >= 4 is 44.4 Å². The highest BCUT2D eigenvalue weighted by atomic mass is 35.5. The summed E-state index contributed by atoms with van der Waals surface area (Å²) in [5.41, 5.74) is 3.03. The molecule has 29 heavy (non-hydrogen) atoms. The van der Waals surface area contributed by atoms with Crippen LogP contribution in [0.1, 0.15) is 12.7 Å². The van der Waals surface area contributed by atoms with Gasteiger partial charge in [-0.3, -0.25) is 20.3 Å². The third kappa shape index (κ3) is 4.92. The second kappa shape index (κ2) is 8.33. The molecule has 0 radical (unpaired) electrons. The second-order valence-corrected chi connectivity index (χ2v) is 7.92. The van der Waals surface area contributed by atoms with E-state index in [-0.39, 0.29) is 22.0 Å². The minimum atomic E-state index is -4.17. The molecule has 3 rings (SSSR count). The summed E-state index contributed by atoms with van der Waals surface area (Å²) >= 11 is 5.81. The molecule has 0 saturated heterocycles. The molecule has 3 aromatic rings. The average molecular weight is 435 g/mol. The highest BCUT2D eigenvalue weighted by Crippen LogP contribution is 2.28. The smallest absolute Gasteiger partial charge is 0.270 e. The Bertz CT molecular complexity index is 1160. The number of non-ortho nitro benzene ring substituents is 1.